The lowest BCUT2D eigenvalue weighted by Crippen LogP contribution is -2.49. The molecule has 1 atom stereocenters. The molecule has 2 amide bonds. The van der Waals surface area contributed by atoms with Gasteiger partial charge in [0.25, 0.3) is 5.91 Å². The van der Waals surface area contributed by atoms with Gasteiger partial charge in [-0.05, 0) is 43.0 Å². The highest BCUT2D eigenvalue weighted by molar-refractivity contribution is 5.96. The second-order valence-electron chi connectivity index (χ2n) is 7.67. The minimum atomic E-state index is -0.699. The third kappa shape index (κ3) is 5.11. The van der Waals surface area contributed by atoms with Crippen molar-refractivity contribution in [1.82, 2.24) is 20.8 Å². The Kier molecular flexibility index (Phi) is 6.61. The maximum Gasteiger partial charge on any atom is 0.274 e. The molecule has 0 aliphatic carbocycles. The molecule has 0 bridgehead atoms. The zero-order valence-corrected chi connectivity index (χ0v) is 17.6. The molecule has 30 heavy (non-hydrogen) atoms. The van der Waals surface area contributed by atoms with Crippen LogP contribution in [-0.4, -0.2) is 28.0 Å². The molecule has 0 saturated carbocycles. The number of pyridine rings is 1. The topological polar surface area (TPSA) is 97.1 Å². The van der Waals surface area contributed by atoms with Gasteiger partial charge in [-0.25, -0.2) is 0 Å². The van der Waals surface area contributed by atoms with Crippen LogP contribution in [0.2, 0.25) is 0 Å². The van der Waals surface area contributed by atoms with Crippen molar-refractivity contribution in [2.45, 2.75) is 40.3 Å². The molecule has 0 aliphatic rings. The Hall–Kier alpha value is -3.48. The van der Waals surface area contributed by atoms with E-state index in [9.17, 15) is 9.59 Å². The highest BCUT2D eigenvalue weighted by Crippen LogP contribution is 2.25. The largest absolute Gasteiger partial charge is 0.355 e. The normalized spacial score (nSPS) is 11.9. The Morgan fingerprint density at radius 3 is 2.63 bits per heavy atom. The summed E-state index contributed by atoms with van der Waals surface area (Å²) in [6.07, 6.45) is 3.36. The Labute approximate surface area is 175 Å². The van der Waals surface area contributed by atoms with Crippen molar-refractivity contribution >= 4 is 11.8 Å². The van der Waals surface area contributed by atoms with Gasteiger partial charge < -0.3 is 15.2 Å². The number of rotatable bonds is 7. The van der Waals surface area contributed by atoms with E-state index in [2.05, 4.69) is 20.8 Å². The van der Waals surface area contributed by atoms with Crippen molar-refractivity contribution in [3.05, 3.63) is 71.2 Å². The summed E-state index contributed by atoms with van der Waals surface area (Å²) < 4.78 is 5.40. The average Bonchev–Trinajstić information content (AvgIpc) is 3.22. The molecule has 1 aromatic carbocycles. The molecular weight excluding hydrogens is 380 g/mol. The number of nitrogens with zero attached hydrogens (tertiary/aromatic N) is 2. The standard InChI is InChI=1S/C23H26N4O3/c1-14(2)21(23(29)25-13-17-6-5-9-24-12-17)26-22(28)19-11-20(30-27-19)18-10-15(3)7-8-16(18)4/h5-12,14,21H,13H2,1-4H3,(H,25,29)(H,26,28)/t21-/m1/s1. The first-order valence-electron chi connectivity index (χ1n) is 9.87. The number of hydrogen-bond acceptors (Lipinski definition) is 5. The molecule has 0 aliphatic heterocycles. The first kappa shape index (κ1) is 21.2. The highest BCUT2D eigenvalue weighted by atomic mass is 16.5. The van der Waals surface area contributed by atoms with E-state index >= 15 is 0 Å². The lowest BCUT2D eigenvalue weighted by Gasteiger charge is -2.21. The van der Waals surface area contributed by atoms with E-state index in [1.54, 1.807) is 24.5 Å². The lowest BCUT2D eigenvalue weighted by molar-refractivity contribution is -0.124. The third-order valence-corrected chi connectivity index (χ3v) is 4.83. The number of aryl methyl sites for hydroxylation is 2. The molecule has 0 spiro atoms. The van der Waals surface area contributed by atoms with Crippen molar-refractivity contribution in [2.24, 2.45) is 5.92 Å². The van der Waals surface area contributed by atoms with Gasteiger partial charge in [-0.1, -0.05) is 42.8 Å². The molecule has 2 heterocycles. The maximum atomic E-state index is 12.7. The minimum Gasteiger partial charge on any atom is -0.355 e. The number of hydrogen-bond donors (Lipinski definition) is 2. The summed E-state index contributed by atoms with van der Waals surface area (Å²) in [5.41, 5.74) is 4.02. The van der Waals surface area contributed by atoms with E-state index in [0.717, 1.165) is 22.3 Å². The fourth-order valence-electron chi connectivity index (χ4n) is 3.06. The molecule has 2 aromatic heterocycles. The van der Waals surface area contributed by atoms with Gasteiger partial charge in [0.15, 0.2) is 11.5 Å². The van der Waals surface area contributed by atoms with Gasteiger partial charge in [0.2, 0.25) is 5.91 Å². The molecule has 7 heteroatoms. The smallest absolute Gasteiger partial charge is 0.274 e. The van der Waals surface area contributed by atoms with Crippen molar-refractivity contribution in [2.75, 3.05) is 0 Å². The van der Waals surface area contributed by atoms with E-state index in [0.29, 0.717) is 12.3 Å². The van der Waals surface area contributed by atoms with Crippen molar-refractivity contribution in [1.29, 1.82) is 0 Å². The molecule has 0 fully saturated rings. The first-order chi connectivity index (χ1) is 14.3. The molecular formula is C23H26N4O3. The summed E-state index contributed by atoms with van der Waals surface area (Å²) in [4.78, 5) is 29.4. The zero-order valence-electron chi connectivity index (χ0n) is 17.6. The second kappa shape index (κ2) is 9.35. The van der Waals surface area contributed by atoms with Crippen LogP contribution in [0.1, 0.15) is 41.0 Å². The fourth-order valence-corrected chi connectivity index (χ4v) is 3.06. The van der Waals surface area contributed by atoms with E-state index in [4.69, 9.17) is 4.52 Å². The van der Waals surface area contributed by atoms with Crippen molar-refractivity contribution < 1.29 is 14.1 Å². The summed E-state index contributed by atoms with van der Waals surface area (Å²) in [6.45, 7) is 8.05. The Balaban J connectivity index is 1.69. The molecule has 7 nitrogen and oxygen atoms in total. The summed E-state index contributed by atoms with van der Waals surface area (Å²) in [5, 5.41) is 9.52. The molecule has 3 aromatic rings. The van der Waals surface area contributed by atoms with Gasteiger partial charge >= 0.3 is 0 Å². The first-order valence-corrected chi connectivity index (χ1v) is 9.87. The quantitative estimate of drug-likeness (QED) is 0.627. The maximum absolute atomic E-state index is 12.7. The predicted octanol–water partition coefficient (Wildman–Crippen LogP) is 3.42. The fraction of sp³-hybridized carbons (Fsp3) is 0.304. The molecule has 0 radical (unpaired) electrons. The van der Waals surface area contributed by atoms with Crippen LogP contribution in [0.15, 0.2) is 53.3 Å². The third-order valence-electron chi connectivity index (χ3n) is 4.83. The number of amides is 2. The van der Waals surface area contributed by atoms with Gasteiger partial charge in [0, 0.05) is 30.6 Å². The van der Waals surface area contributed by atoms with Crippen molar-refractivity contribution in [3.63, 3.8) is 0 Å². The van der Waals surface area contributed by atoms with Gasteiger partial charge in [-0.15, -0.1) is 0 Å². The summed E-state index contributed by atoms with van der Waals surface area (Å²) in [5.74, 6) is -0.303. The van der Waals surface area contributed by atoms with Crippen LogP contribution in [0.25, 0.3) is 11.3 Å². The molecule has 0 unspecified atom stereocenters. The van der Waals surface area contributed by atoms with Gasteiger partial charge in [0.1, 0.15) is 6.04 Å². The van der Waals surface area contributed by atoms with Gasteiger partial charge in [-0.2, -0.15) is 0 Å². The van der Waals surface area contributed by atoms with E-state index in [1.165, 1.54) is 0 Å². The SMILES string of the molecule is Cc1ccc(C)c(-c2cc(C(=O)N[C@@H](C(=O)NCc3cccnc3)C(C)C)no2)c1. The summed E-state index contributed by atoms with van der Waals surface area (Å²) >= 11 is 0. The van der Waals surface area contributed by atoms with E-state index in [1.807, 2.05) is 52.0 Å². The number of nitrogens with one attached hydrogen (secondary N) is 2. The van der Waals surface area contributed by atoms with Crippen LogP contribution in [0.5, 0.6) is 0 Å². The molecule has 3 rings (SSSR count). The molecule has 156 valence electrons. The van der Waals surface area contributed by atoms with Crippen LogP contribution >= 0.6 is 0 Å². The van der Waals surface area contributed by atoms with Crippen LogP contribution in [0, 0.1) is 19.8 Å². The Morgan fingerprint density at radius 2 is 1.93 bits per heavy atom. The van der Waals surface area contributed by atoms with E-state index < -0.39 is 11.9 Å². The Morgan fingerprint density at radius 1 is 1.13 bits per heavy atom. The zero-order chi connectivity index (χ0) is 21.7. The van der Waals surface area contributed by atoms with Crippen LogP contribution in [-0.2, 0) is 11.3 Å². The number of carbonyl (C=O) groups excluding carboxylic acids is 2. The van der Waals surface area contributed by atoms with Crippen LogP contribution in [0.4, 0.5) is 0 Å². The molecule has 0 saturated heterocycles. The number of benzene rings is 1. The van der Waals surface area contributed by atoms with Crippen LogP contribution in [0.3, 0.4) is 0 Å². The minimum absolute atomic E-state index is 0.103. The molecule has 2 N–H and O–H groups in total. The van der Waals surface area contributed by atoms with Gasteiger partial charge in [0.05, 0.1) is 0 Å². The predicted molar refractivity (Wildman–Crippen MR) is 114 cm³/mol. The van der Waals surface area contributed by atoms with Crippen molar-refractivity contribution in [3.8, 4) is 11.3 Å². The Bertz CT molecular complexity index is 1030. The highest BCUT2D eigenvalue weighted by Gasteiger charge is 2.26. The average molecular weight is 406 g/mol. The summed E-state index contributed by atoms with van der Waals surface area (Å²) in [7, 11) is 0. The number of aromatic nitrogens is 2. The summed E-state index contributed by atoms with van der Waals surface area (Å²) in [6, 6.07) is 10.6. The van der Waals surface area contributed by atoms with E-state index in [-0.39, 0.29) is 17.5 Å². The van der Waals surface area contributed by atoms with Crippen LogP contribution < -0.4 is 10.6 Å². The second-order valence-corrected chi connectivity index (χ2v) is 7.67. The monoisotopic (exact) mass is 406 g/mol. The lowest BCUT2D eigenvalue weighted by atomic mass is 10.0. The number of carbonyl (C=O) groups is 2. The van der Waals surface area contributed by atoms with Gasteiger partial charge in [-0.3, -0.25) is 14.6 Å².